The fraction of sp³-hybridized carbons (Fsp3) is 0.600. The molecule has 0 atom stereocenters. The second-order valence-electron chi connectivity index (χ2n) is 1.86. The first-order chi connectivity index (χ1) is 4.73. The molecule has 6 heteroatoms. The largest absolute Gasteiger partial charge is 0.457 e. The normalized spacial score (nSPS) is 15.4. The standard InChI is InChI=1S/C5H4F6/c1-3(2-6)4(7,8)5(9,10)11/h2H,1H3/b3-2+. The number of hydrogen-bond donors (Lipinski definition) is 0. The predicted octanol–water partition coefficient (Wildman–Crippen LogP) is 3.06. The summed E-state index contributed by atoms with van der Waals surface area (Å²) in [5, 5.41) is 0. The molecule has 0 saturated carbocycles. The summed E-state index contributed by atoms with van der Waals surface area (Å²) in [6, 6.07) is 0. The minimum absolute atomic E-state index is 0.369. The Kier molecular flexibility index (Phi) is 2.58. The van der Waals surface area contributed by atoms with Gasteiger partial charge in [-0.2, -0.15) is 22.0 Å². The zero-order chi connectivity index (χ0) is 9.28. The maximum Gasteiger partial charge on any atom is 0.457 e. The van der Waals surface area contributed by atoms with Gasteiger partial charge in [0.1, 0.15) is 0 Å². The number of allylic oxidation sites excluding steroid dienone is 1. The summed E-state index contributed by atoms with van der Waals surface area (Å²) in [6.07, 6.45) is -6.48. The lowest BCUT2D eigenvalue weighted by molar-refractivity contribution is -0.264. The average molecular weight is 178 g/mol. The lowest BCUT2D eigenvalue weighted by Gasteiger charge is -2.18. The van der Waals surface area contributed by atoms with Gasteiger partial charge in [0.05, 0.1) is 6.33 Å². The van der Waals surface area contributed by atoms with Crippen molar-refractivity contribution in [3.63, 3.8) is 0 Å². The lowest BCUT2D eigenvalue weighted by Crippen LogP contribution is -2.37. The smallest absolute Gasteiger partial charge is 0.215 e. The molecule has 11 heavy (non-hydrogen) atoms. The molecule has 0 saturated heterocycles. The summed E-state index contributed by atoms with van der Waals surface area (Å²) in [5.74, 6) is -5.07. The second-order valence-corrected chi connectivity index (χ2v) is 1.86. The summed E-state index contributed by atoms with van der Waals surface area (Å²) >= 11 is 0. The van der Waals surface area contributed by atoms with E-state index in [2.05, 4.69) is 0 Å². The van der Waals surface area contributed by atoms with Gasteiger partial charge in [-0.15, -0.1) is 0 Å². The van der Waals surface area contributed by atoms with Crippen LogP contribution in [0.4, 0.5) is 26.3 Å². The van der Waals surface area contributed by atoms with E-state index in [4.69, 9.17) is 0 Å². The van der Waals surface area contributed by atoms with Gasteiger partial charge in [-0.05, 0) is 6.92 Å². The van der Waals surface area contributed by atoms with Gasteiger partial charge in [0.2, 0.25) is 0 Å². The van der Waals surface area contributed by atoms with Crippen molar-refractivity contribution in [2.75, 3.05) is 0 Å². The Hall–Kier alpha value is -0.680. The molecule has 0 bridgehead atoms. The first kappa shape index (κ1) is 10.3. The maximum atomic E-state index is 11.9. The first-order valence-corrected chi connectivity index (χ1v) is 2.45. The molecule has 0 rings (SSSR count). The van der Waals surface area contributed by atoms with E-state index in [-0.39, 0.29) is 0 Å². The Bertz CT molecular complexity index is 164. The second kappa shape index (κ2) is 2.75. The molecule has 0 nitrogen and oxygen atoms in total. The number of hydrogen-bond acceptors (Lipinski definition) is 0. The molecule has 0 aliphatic heterocycles. The van der Waals surface area contributed by atoms with Gasteiger partial charge in [-0.3, -0.25) is 0 Å². The van der Waals surface area contributed by atoms with Crippen LogP contribution in [0, 0.1) is 0 Å². The highest BCUT2D eigenvalue weighted by atomic mass is 19.4. The molecule has 0 radical (unpaired) electrons. The molecule has 0 spiro atoms. The van der Waals surface area contributed by atoms with Gasteiger partial charge in [-0.1, -0.05) is 0 Å². The SMILES string of the molecule is C/C(=C\F)C(F)(F)C(F)(F)F. The summed E-state index contributed by atoms with van der Waals surface area (Å²) in [4.78, 5) is 0. The maximum absolute atomic E-state index is 11.9. The van der Waals surface area contributed by atoms with Gasteiger partial charge in [0, 0.05) is 5.57 Å². The van der Waals surface area contributed by atoms with Crippen LogP contribution < -0.4 is 0 Å². The van der Waals surface area contributed by atoms with E-state index in [1.165, 1.54) is 0 Å². The molecule has 0 heterocycles. The van der Waals surface area contributed by atoms with Crippen molar-refractivity contribution in [2.45, 2.75) is 19.0 Å². The molecule has 0 aliphatic carbocycles. The molecular formula is C5H4F6. The molecular weight excluding hydrogens is 174 g/mol. The van der Waals surface area contributed by atoms with Crippen LogP contribution in [0.15, 0.2) is 11.9 Å². The Balaban J connectivity index is 4.74. The fourth-order valence-corrected chi connectivity index (χ4v) is 0.292. The quantitative estimate of drug-likeness (QED) is 0.541. The molecule has 66 valence electrons. The van der Waals surface area contributed by atoms with E-state index in [0.717, 1.165) is 0 Å². The average Bonchev–Trinajstić information content (AvgIpc) is 1.83. The zero-order valence-corrected chi connectivity index (χ0v) is 5.35. The molecule has 0 unspecified atom stereocenters. The molecule has 0 amide bonds. The van der Waals surface area contributed by atoms with Crippen LogP contribution in [0.2, 0.25) is 0 Å². The summed E-state index contributed by atoms with van der Waals surface area (Å²) in [7, 11) is 0. The topological polar surface area (TPSA) is 0 Å². The van der Waals surface area contributed by atoms with Crippen LogP contribution in [-0.4, -0.2) is 12.1 Å². The highest BCUT2D eigenvalue weighted by molar-refractivity contribution is 5.09. The third-order valence-electron chi connectivity index (χ3n) is 1.01. The number of alkyl halides is 5. The lowest BCUT2D eigenvalue weighted by atomic mass is 10.2. The Morgan fingerprint density at radius 3 is 1.55 bits per heavy atom. The van der Waals surface area contributed by atoms with E-state index in [0.29, 0.717) is 6.92 Å². The van der Waals surface area contributed by atoms with Crippen LogP contribution in [0.25, 0.3) is 0 Å². The van der Waals surface area contributed by atoms with Gasteiger partial charge in [0.15, 0.2) is 0 Å². The van der Waals surface area contributed by atoms with Gasteiger partial charge in [0.25, 0.3) is 0 Å². The molecule has 0 N–H and O–H groups in total. The van der Waals surface area contributed by atoms with Gasteiger partial charge >= 0.3 is 12.1 Å². The van der Waals surface area contributed by atoms with Crippen molar-refractivity contribution in [2.24, 2.45) is 0 Å². The van der Waals surface area contributed by atoms with E-state index in [9.17, 15) is 26.3 Å². The first-order valence-electron chi connectivity index (χ1n) is 2.45. The zero-order valence-electron chi connectivity index (χ0n) is 5.35. The van der Waals surface area contributed by atoms with E-state index < -0.39 is 24.0 Å². The predicted molar refractivity (Wildman–Crippen MR) is 25.9 cm³/mol. The minimum Gasteiger partial charge on any atom is -0.215 e. The molecule has 0 aliphatic rings. The van der Waals surface area contributed by atoms with E-state index in [1.54, 1.807) is 0 Å². The minimum atomic E-state index is -5.72. The van der Waals surface area contributed by atoms with Crippen molar-refractivity contribution in [1.29, 1.82) is 0 Å². The molecule has 0 aromatic rings. The van der Waals surface area contributed by atoms with Gasteiger partial charge < -0.3 is 0 Å². The van der Waals surface area contributed by atoms with Crippen molar-refractivity contribution >= 4 is 0 Å². The number of halogens is 6. The fourth-order valence-electron chi connectivity index (χ4n) is 0.292. The Morgan fingerprint density at radius 1 is 1.09 bits per heavy atom. The van der Waals surface area contributed by atoms with E-state index >= 15 is 0 Å². The summed E-state index contributed by atoms with van der Waals surface area (Å²) in [6.45, 7) is 0.369. The number of rotatable bonds is 1. The van der Waals surface area contributed by atoms with Crippen molar-refractivity contribution < 1.29 is 26.3 Å². The van der Waals surface area contributed by atoms with Crippen LogP contribution in [0.1, 0.15) is 6.92 Å². The highest BCUT2D eigenvalue weighted by Gasteiger charge is 2.58. The Morgan fingerprint density at radius 2 is 1.45 bits per heavy atom. The van der Waals surface area contributed by atoms with Crippen LogP contribution in [0.5, 0.6) is 0 Å². The van der Waals surface area contributed by atoms with Crippen molar-refractivity contribution in [1.82, 2.24) is 0 Å². The van der Waals surface area contributed by atoms with Crippen LogP contribution >= 0.6 is 0 Å². The third kappa shape index (κ3) is 1.87. The highest BCUT2D eigenvalue weighted by Crippen LogP contribution is 2.40. The molecule has 0 aromatic carbocycles. The van der Waals surface area contributed by atoms with Crippen LogP contribution in [0.3, 0.4) is 0 Å². The monoisotopic (exact) mass is 178 g/mol. The summed E-state index contributed by atoms with van der Waals surface area (Å²) in [5.41, 5.74) is -1.65. The van der Waals surface area contributed by atoms with E-state index in [1.807, 2.05) is 0 Å². The molecule has 0 fully saturated rings. The Labute approximate surface area is 58.5 Å². The third-order valence-corrected chi connectivity index (χ3v) is 1.01. The van der Waals surface area contributed by atoms with Crippen molar-refractivity contribution in [3.8, 4) is 0 Å². The van der Waals surface area contributed by atoms with Crippen LogP contribution in [-0.2, 0) is 0 Å². The van der Waals surface area contributed by atoms with Gasteiger partial charge in [-0.25, -0.2) is 4.39 Å². The molecule has 0 aromatic heterocycles. The van der Waals surface area contributed by atoms with Crippen molar-refractivity contribution in [3.05, 3.63) is 11.9 Å². The summed E-state index contributed by atoms with van der Waals surface area (Å²) < 4.78 is 69.0.